The normalized spacial score (nSPS) is 10.9. The van der Waals surface area contributed by atoms with Gasteiger partial charge in [-0.25, -0.2) is 4.68 Å². The summed E-state index contributed by atoms with van der Waals surface area (Å²) in [5.41, 5.74) is 8.28. The van der Waals surface area contributed by atoms with Crippen molar-refractivity contribution in [2.24, 2.45) is 5.92 Å². The van der Waals surface area contributed by atoms with Crippen LogP contribution in [-0.2, 0) is 0 Å². The molecule has 0 aliphatic carbocycles. The lowest BCUT2D eigenvalue weighted by molar-refractivity contribution is 0.251. The van der Waals surface area contributed by atoms with Crippen LogP contribution in [0.5, 0.6) is 11.8 Å². The van der Waals surface area contributed by atoms with E-state index in [2.05, 4.69) is 23.9 Å². The van der Waals surface area contributed by atoms with E-state index in [1.54, 1.807) is 11.8 Å². The van der Waals surface area contributed by atoms with E-state index in [1.165, 1.54) is 0 Å². The third-order valence-corrected chi connectivity index (χ3v) is 3.62. The zero-order valence-electron chi connectivity index (χ0n) is 14.6. The van der Waals surface area contributed by atoms with Crippen LogP contribution in [0.2, 0.25) is 0 Å². The molecule has 0 atom stereocenters. The first kappa shape index (κ1) is 16.8. The van der Waals surface area contributed by atoms with Gasteiger partial charge in [-0.05, 0) is 54.4 Å². The maximum Gasteiger partial charge on any atom is 0.336 e. The van der Waals surface area contributed by atoms with Crippen LogP contribution in [0.4, 0.5) is 5.69 Å². The average molecular weight is 338 g/mol. The van der Waals surface area contributed by atoms with Gasteiger partial charge < -0.3 is 15.2 Å². The number of methoxy groups -OCH3 is 1. The molecule has 0 fully saturated rings. The highest BCUT2D eigenvalue weighted by Crippen LogP contribution is 2.26. The topological polar surface area (TPSA) is 75.2 Å². The fourth-order valence-electron chi connectivity index (χ4n) is 2.32. The number of ether oxygens (including phenoxy) is 2. The number of hydrogen-bond acceptors (Lipinski definition) is 5. The lowest BCUT2D eigenvalue weighted by Gasteiger charge is -2.07. The standard InChI is InChI=1S/C19H22N4O2/c1-13(2)12-25-19-21-18(14-4-10-17(24-3)11-5-14)23(22-19)16-8-6-15(20)7-9-16/h4-11,13H,12,20H2,1-3H3. The maximum absolute atomic E-state index is 5.79. The van der Waals surface area contributed by atoms with Crippen LogP contribution in [0.3, 0.4) is 0 Å². The zero-order valence-corrected chi connectivity index (χ0v) is 14.6. The van der Waals surface area contributed by atoms with E-state index in [4.69, 9.17) is 15.2 Å². The maximum atomic E-state index is 5.79. The summed E-state index contributed by atoms with van der Waals surface area (Å²) in [7, 11) is 1.64. The fourth-order valence-corrected chi connectivity index (χ4v) is 2.32. The second kappa shape index (κ2) is 7.25. The van der Waals surface area contributed by atoms with E-state index in [0.717, 1.165) is 17.0 Å². The molecule has 6 nitrogen and oxygen atoms in total. The van der Waals surface area contributed by atoms with Crippen LogP contribution in [0.25, 0.3) is 17.1 Å². The zero-order chi connectivity index (χ0) is 17.8. The van der Waals surface area contributed by atoms with Gasteiger partial charge in [-0.2, -0.15) is 4.98 Å². The first-order valence-electron chi connectivity index (χ1n) is 8.17. The molecule has 1 heterocycles. The molecule has 0 amide bonds. The van der Waals surface area contributed by atoms with Crippen molar-refractivity contribution in [1.82, 2.24) is 14.8 Å². The van der Waals surface area contributed by atoms with Crippen LogP contribution in [0.1, 0.15) is 13.8 Å². The number of nitrogens with two attached hydrogens (primary N) is 1. The Hall–Kier alpha value is -3.02. The van der Waals surface area contributed by atoms with Crippen molar-refractivity contribution >= 4 is 5.69 Å². The molecule has 0 aliphatic rings. The summed E-state index contributed by atoms with van der Waals surface area (Å²) in [4.78, 5) is 4.56. The molecule has 0 bridgehead atoms. The molecule has 2 aromatic carbocycles. The van der Waals surface area contributed by atoms with Gasteiger partial charge in [-0.1, -0.05) is 13.8 Å². The van der Waals surface area contributed by atoms with Gasteiger partial charge in [0.05, 0.1) is 19.4 Å². The van der Waals surface area contributed by atoms with Crippen molar-refractivity contribution in [2.45, 2.75) is 13.8 Å². The number of nitrogen functional groups attached to an aromatic ring is 1. The molecule has 0 saturated carbocycles. The number of nitrogens with zero attached hydrogens (tertiary/aromatic N) is 3. The van der Waals surface area contributed by atoms with Gasteiger partial charge in [-0.15, -0.1) is 5.10 Å². The number of aromatic nitrogens is 3. The minimum atomic E-state index is 0.358. The van der Waals surface area contributed by atoms with E-state index in [0.29, 0.717) is 30.0 Å². The minimum absolute atomic E-state index is 0.358. The summed E-state index contributed by atoms with van der Waals surface area (Å²) in [6.45, 7) is 4.73. The SMILES string of the molecule is COc1ccc(-c2nc(OCC(C)C)nn2-c2ccc(N)cc2)cc1. The highest BCUT2D eigenvalue weighted by molar-refractivity contribution is 5.60. The van der Waals surface area contributed by atoms with Crippen LogP contribution in [0, 0.1) is 5.92 Å². The summed E-state index contributed by atoms with van der Waals surface area (Å²) in [6.07, 6.45) is 0. The predicted octanol–water partition coefficient (Wildman–Crippen LogP) is 3.56. The second-order valence-corrected chi connectivity index (χ2v) is 6.15. The van der Waals surface area contributed by atoms with Gasteiger partial charge in [0.15, 0.2) is 5.82 Å². The number of hydrogen-bond donors (Lipinski definition) is 1. The molecule has 130 valence electrons. The Labute approximate surface area is 147 Å². The molecule has 2 N–H and O–H groups in total. The van der Waals surface area contributed by atoms with Gasteiger partial charge in [0.1, 0.15) is 5.75 Å². The van der Waals surface area contributed by atoms with Crippen molar-refractivity contribution < 1.29 is 9.47 Å². The number of anilines is 1. The van der Waals surface area contributed by atoms with Gasteiger partial charge in [-0.3, -0.25) is 0 Å². The first-order chi connectivity index (χ1) is 12.1. The Bertz CT molecular complexity index is 824. The molecule has 6 heteroatoms. The third kappa shape index (κ3) is 3.91. The van der Waals surface area contributed by atoms with Crippen LogP contribution in [0.15, 0.2) is 48.5 Å². The molecule has 1 aromatic heterocycles. The van der Waals surface area contributed by atoms with Crippen LogP contribution < -0.4 is 15.2 Å². The van der Waals surface area contributed by atoms with E-state index < -0.39 is 0 Å². The third-order valence-electron chi connectivity index (χ3n) is 3.62. The number of benzene rings is 2. The summed E-state index contributed by atoms with van der Waals surface area (Å²) in [5, 5.41) is 4.51. The molecule has 0 saturated heterocycles. The van der Waals surface area contributed by atoms with E-state index in [1.807, 2.05) is 48.5 Å². The molecule has 0 spiro atoms. The van der Waals surface area contributed by atoms with E-state index in [-0.39, 0.29) is 0 Å². The first-order valence-corrected chi connectivity index (χ1v) is 8.17. The quantitative estimate of drug-likeness (QED) is 0.696. The summed E-state index contributed by atoms with van der Waals surface area (Å²) >= 11 is 0. The summed E-state index contributed by atoms with van der Waals surface area (Å²) < 4.78 is 12.7. The molecule has 3 rings (SSSR count). The summed E-state index contributed by atoms with van der Waals surface area (Å²) in [5.74, 6) is 1.89. The van der Waals surface area contributed by atoms with E-state index in [9.17, 15) is 0 Å². The van der Waals surface area contributed by atoms with Gasteiger partial charge in [0.25, 0.3) is 0 Å². The smallest absolute Gasteiger partial charge is 0.336 e. The van der Waals surface area contributed by atoms with Crippen molar-refractivity contribution in [1.29, 1.82) is 0 Å². The van der Waals surface area contributed by atoms with E-state index >= 15 is 0 Å². The van der Waals surface area contributed by atoms with Gasteiger partial charge in [0, 0.05) is 11.3 Å². The minimum Gasteiger partial charge on any atom is -0.497 e. The lowest BCUT2D eigenvalue weighted by Crippen LogP contribution is -2.06. The van der Waals surface area contributed by atoms with Crippen LogP contribution in [-0.4, -0.2) is 28.5 Å². The van der Waals surface area contributed by atoms with Crippen molar-refractivity contribution in [2.75, 3.05) is 19.5 Å². The average Bonchev–Trinajstić information content (AvgIpc) is 3.05. The van der Waals surface area contributed by atoms with Crippen LogP contribution >= 0.6 is 0 Å². The van der Waals surface area contributed by atoms with Gasteiger partial charge >= 0.3 is 6.01 Å². The summed E-state index contributed by atoms with van der Waals surface area (Å²) in [6, 6.07) is 15.5. The van der Waals surface area contributed by atoms with Crippen molar-refractivity contribution in [3.05, 3.63) is 48.5 Å². The lowest BCUT2D eigenvalue weighted by atomic mass is 10.2. The molecule has 25 heavy (non-hydrogen) atoms. The van der Waals surface area contributed by atoms with Gasteiger partial charge in [0.2, 0.25) is 0 Å². The molecular weight excluding hydrogens is 316 g/mol. The Morgan fingerprint density at radius 3 is 2.32 bits per heavy atom. The second-order valence-electron chi connectivity index (χ2n) is 6.15. The molecule has 0 radical (unpaired) electrons. The highest BCUT2D eigenvalue weighted by atomic mass is 16.5. The molecule has 3 aromatic rings. The highest BCUT2D eigenvalue weighted by Gasteiger charge is 2.15. The van der Waals surface area contributed by atoms with Crippen molar-refractivity contribution in [3.63, 3.8) is 0 Å². The largest absolute Gasteiger partial charge is 0.497 e. The van der Waals surface area contributed by atoms with Crippen molar-refractivity contribution in [3.8, 4) is 28.8 Å². The monoisotopic (exact) mass is 338 g/mol. The Kier molecular flexibility index (Phi) is 4.88. The molecule has 0 aliphatic heterocycles. The Balaban J connectivity index is 2.02. The fraction of sp³-hybridized carbons (Fsp3) is 0.263. The predicted molar refractivity (Wildman–Crippen MR) is 98.1 cm³/mol. The Morgan fingerprint density at radius 2 is 1.72 bits per heavy atom. The Morgan fingerprint density at radius 1 is 1.04 bits per heavy atom. The molecular formula is C19H22N4O2. The molecule has 0 unspecified atom stereocenters. The number of rotatable bonds is 6.